The molecule has 0 radical (unpaired) electrons. The highest BCUT2D eigenvalue weighted by molar-refractivity contribution is 6.28. The molecule has 7 aromatic carbocycles. The number of Topliss-reactive ketones (excluding diaryl/α,β-unsaturated/α-hetero) is 1. The van der Waals surface area contributed by atoms with Crippen LogP contribution in [0.1, 0.15) is 17.3 Å². The number of fused-ring (bicyclic) bond motifs is 1. The fraction of sp³-hybridized carbons (Fsp3) is 0.0571. The molecule has 3 nitrogen and oxygen atoms in total. The van der Waals surface area contributed by atoms with Crippen LogP contribution in [0.4, 0.5) is 0 Å². The molecule has 3 heteroatoms. The van der Waals surface area contributed by atoms with Crippen molar-refractivity contribution < 1.29 is 14.6 Å². The van der Waals surface area contributed by atoms with Gasteiger partial charge in [-0.2, -0.15) is 0 Å². The van der Waals surface area contributed by atoms with Gasteiger partial charge in [-0.25, -0.2) is 0 Å². The molecule has 0 saturated carbocycles. The second kappa shape index (κ2) is 8.32. The summed E-state index contributed by atoms with van der Waals surface area (Å²) in [5.74, 6) is 0.722. The number of ether oxygens (including phenoxy) is 1. The number of carbonyl (C=O) groups is 1. The first-order valence-corrected chi connectivity index (χ1v) is 12.7. The van der Waals surface area contributed by atoms with Gasteiger partial charge in [0.15, 0.2) is 5.78 Å². The summed E-state index contributed by atoms with van der Waals surface area (Å²) in [6.45, 7) is 1.48. The Bertz CT molecular complexity index is 2050. The minimum atomic E-state index is -0.154. The molecule has 1 N–H and O–H groups in total. The Kier molecular flexibility index (Phi) is 4.89. The average Bonchev–Trinajstić information content (AvgIpc) is 2.95. The van der Waals surface area contributed by atoms with Gasteiger partial charge in [0.05, 0.1) is 12.7 Å². The Labute approximate surface area is 219 Å². The average molecular weight is 493 g/mol. The lowest BCUT2D eigenvalue weighted by molar-refractivity contribution is 0.101. The highest BCUT2D eigenvalue weighted by Gasteiger charge is 2.17. The molecule has 0 heterocycles. The first-order chi connectivity index (χ1) is 18.5. The monoisotopic (exact) mass is 492 g/mol. The molecule has 0 aromatic heterocycles. The summed E-state index contributed by atoms with van der Waals surface area (Å²) in [5, 5.41) is 19.6. The Balaban J connectivity index is 1.54. The molecule has 7 rings (SSSR count). The largest absolute Gasteiger partial charge is 0.507 e. The molecule has 7 aromatic rings. The van der Waals surface area contributed by atoms with Crippen molar-refractivity contribution in [2.45, 2.75) is 6.92 Å². The predicted molar refractivity (Wildman–Crippen MR) is 157 cm³/mol. The van der Waals surface area contributed by atoms with E-state index in [0.717, 1.165) is 33.0 Å². The van der Waals surface area contributed by atoms with Gasteiger partial charge in [0.2, 0.25) is 0 Å². The second-order valence-electron chi connectivity index (χ2n) is 9.80. The van der Waals surface area contributed by atoms with Crippen LogP contribution in [0.2, 0.25) is 0 Å². The van der Waals surface area contributed by atoms with Crippen LogP contribution in [0, 0.1) is 0 Å². The van der Waals surface area contributed by atoms with E-state index in [9.17, 15) is 9.90 Å². The zero-order valence-electron chi connectivity index (χ0n) is 21.1. The smallest absolute Gasteiger partial charge is 0.163 e. The summed E-state index contributed by atoms with van der Waals surface area (Å²) < 4.78 is 5.65. The first kappa shape index (κ1) is 22.3. The molecule has 0 saturated heterocycles. The minimum absolute atomic E-state index is 0.00956. The van der Waals surface area contributed by atoms with Crippen molar-refractivity contribution in [3.8, 4) is 33.8 Å². The maximum atomic E-state index is 12.1. The van der Waals surface area contributed by atoms with E-state index in [2.05, 4.69) is 72.8 Å². The fourth-order valence-electron chi connectivity index (χ4n) is 5.96. The van der Waals surface area contributed by atoms with Crippen LogP contribution in [-0.2, 0) is 0 Å². The van der Waals surface area contributed by atoms with Crippen molar-refractivity contribution in [1.82, 2.24) is 0 Å². The number of carbonyl (C=O) groups excluding carboxylic acids is 1. The van der Waals surface area contributed by atoms with Gasteiger partial charge in [-0.3, -0.25) is 4.79 Å². The molecular weight excluding hydrogens is 468 g/mol. The maximum Gasteiger partial charge on any atom is 0.163 e. The van der Waals surface area contributed by atoms with Crippen molar-refractivity contribution in [2.75, 3.05) is 7.11 Å². The molecule has 0 amide bonds. The van der Waals surface area contributed by atoms with Crippen LogP contribution < -0.4 is 4.74 Å². The lowest BCUT2D eigenvalue weighted by Gasteiger charge is -2.18. The van der Waals surface area contributed by atoms with E-state index >= 15 is 0 Å². The SMILES string of the molecule is COc1ccc(-c2ccc3ccc4c(-c5ccc(O)c(C(C)=O)c5)ccc5ccc2c3c54)c2ccccc12. The van der Waals surface area contributed by atoms with Gasteiger partial charge in [-0.15, -0.1) is 0 Å². The van der Waals surface area contributed by atoms with E-state index in [0.29, 0.717) is 5.56 Å². The first-order valence-electron chi connectivity index (χ1n) is 12.7. The molecule has 0 aliphatic carbocycles. The maximum absolute atomic E-state index is 12.1. The zero-order valence-corrected chi connectivity index (χ0v) is 21.1. The third-order valence-electron chi connectivity index (χ3n) is 7.75. The standard InChI is InChI=1S/C35H24O3/c1-20(36)31-19-23(11-17-32(31)37)24-12-7-21-10-15-30-27(13-8-22-9-14-29(24)34(21)35(22)30)26-16-18-33(38-2)28-6-4-3-5-25(26)28/h3-19,37H,1-2H3. The molecule has 0 unspecified atom stereocenters. The number of phenolic OH excluding ortho intramolecular Hbond substituents is 1. The summed E-state index contributed by atoms with van der Waals surface area (Å²) in [6.07, 6.45) is 0. The number of hydrogen-bond donors (Lipinski definition) is 1. The van der Waals surface area contributed by atoms with Gasteiger partial charge in [0, 0.05) is 5.39 Å². The zero-order chi connectivity index (χ0) is 26.0. The Morgan fingerprint density at radius 2 is 1.21 bits per heavy atom. The van der Waals surface area contributed by atoms with Crippen LogP contribution in [0.25, 0.3) is 65.3 Å². The number of benzene rings is 7. The second-order valence-corrected chi connectivity index (χ2v) is 9.80. The summed E-state index contributed by atoms with van der Waals surface area (Å²) in [7, 11) is 1.71. The Hall–Kier alpha value is -4.89. The normalized spacial score (nSPS) is 11.6. The van der Waals surface area contributed by atoms with Crippen molar-refractivity contribution in [3.63, 3.8) is 0 Å². The number of ketones is 1. The Morgan fingerprint density at radius 3 is 1.89 bits per heavy atom. The van der Waals surface area contributed by atoms with Gasteiger partial charge < -0.3 is 9.84 Å². The van der Waals surface area contributed by atoms with Gasteiger partial charge >= 0.3 is 0 Å². The quantitative estimate of drug-likeness (QED) is 0.197. The molecule has 0 spiro atoms. The molecule has 0 atom stereocenters. The highest BCUT2D eigenvalue weighted by atomic mass is 16.5. The van der Waals surface area contributed by atoms with Gasteiger partial charge in [-0.05, 0) is 85.1 Å². The van der Waals surface area contributed by atoms with Crippen molar-refractivity contribution in [1.29, 1.82) is 0 Å². The Morgan fingerprint density at radius 1 is 0.632 bits per heavy atom. The predicted octanol–water partition coefficient (Wildman–Crippen LogP) is 8.99. The van der Waals surface area contributed by atoms with Crippen LogP contribution in [0.15, 0.2) is 103 Å². The molecule has 38 heavy (non-hydrogen) atoms. The van der Waals surface area contributed by atoms with E-state index in [1.54, 1.807) is 19.2 Å². The molecular formula is C35H24O3. The van der Waals surface area contributed by atoms with E-state index in [1.807, 2.05) is 18.2 Å². The number of phenols is 1. The van der Waals surface area contributed by atoms with Gasteiger partial charge in [-0.1, -0.05) is 84.9 Å². The van der Waals surface area contributed by atoms with Crippen LogP contribution >= 0.6 is 0 Å². The third kappa shape index (κ3) is 3.18. The van der Waals surface area contributed by atoms with Crippen LogP contribution in [-0.4, -0.2) is 18.0 Å². The van der Waals surface area contributed by atoms with Crippen molar-refractivity contribution >= 4 is 48.9 Å². The molecule has 0 bridgehead atoms. The van der Waals surface area contributed by atoms with Crippen LogP contribution in [0.5, 0.6) is 11.5 Å². The van der Waals surface area contributed by atoms with E-state index in [-0.39, 0.29) is 11.5 Å². The molecule has 182 valence electrons. The summed E-state index contributed by atoms with van der Waals surface area (Å²) in [6, 6.07) is 35.3. The molecule has 0 aliphatic rings. The summed E-state index contributed by atoms with van der Waals surface area (Å²) >= 11 is 0. The van der Waals surface area contributed by atoms with Crippen molar-refractivity contribution in [2.24, 2.45) is 0 Å². The fourth-order valence-corrected chi connectivity index (χ4v) is 5.96. The van der Waals surface area contributed by atoms with Gasteiger partial charge in [0.25, 0.3) is 0 Å². The van der Waals surface area contributed by atoms with E-state index < -0.39 is 0 Å². The lowest BCUT2D eigenvalue weighted by atomic mass is 9.86. The highest BCUT2D eigenvalue weighted by Crippen LogP contribution is 2.44. The van der Waals surface area contributed by atoms with E-state index in [1.165, 1.54) is 45.0 Å². The molecule has 0 fully saturated rings. The van der Waals surface area contributed by atoms with Crippen molar-refractivity contribution in [3.05, 3.63) is 109 Å². The lowest BCUT2D eigenvalue weighted by Crippen LogP contribution is -1.94. The number of hydrogen-bond acceptors (Lipinski definition) is 3. The molecule has 0 aliphatic heterocycles. The topological polar surface area (TPSA) is 46.5 Å². The van der Waals surface area contributed by atoms with Crippen LogP contribution in [0.3, 0.4) is 0 Å². The number of aromatic hydroxyl groups is 1. The minimum Gasteiger partial charge on any atom is -0.507 e. The summed E-state index contributed by atoms with van der Waals surface area (Å²) in [4.78, 5) is 12.1. The van der Waals surface area contributed by atoms with E-state index in [4.69, 9.17) is 4.74 Å². The van der Waals surface area contributed by atoms with Gasteiger partial charge in [0.1, 0.15) is 11.5 Å². The number of rotatable bonds is 4. The summed E-state index contributed by atoms with van der Waals surface area (Å²) in [5.41, 5.74) is 4.63. The third-order valence-corrected chi connectivity index (χ3v) is 7.75. The number of methoxy groups -OCH3 is 1.